The van der Waals surface area contributed by atoms with Gasteiger partial charge in [-0.1, -0.05) is 19.3 Å². The van der Waals surface area contributed by atoms with Gasteiger partial charge in [0.15, 0.2) is 0 Å². The van der Waals surface area contributed by atoms with Crippen LogP contribution >= 0.6 is 0 Å². The number of morpholine rings is 1. The summed E-state index contributed by atoms with van der Waals surface area (Å²) in [6.45, 7) is 6.69. The number of Topliss-reactive ketones (excluding diaryl/α,β-unsaturated/α-hetero) is 1. The Morgan fingerprint density at radius 3 is 2.08 bits per heavy atom. The first kappa shape index (κ1) is 17.7. The minimum absolute atomic E-state index is 0.0232. The molecule has 5 nitrogen and oxygen atoms in total. The van der Waals surface area contributed by atoms with Crippen molar-refractivity contribution >= 4 is 11.9 Å². The fraction of sp³-hybridized carbons (Fsp3) is 0.895. The molecule has 3 aliphatic rings. The molecule has 3 fully saturated rings. The molecule has 0 radical (unpaired) electrons. The van der Waals surface area contributed by atoms with Crippen molar-refractivity contribution in [3.05, 3.63) is 0 Å². The van der Waals surface area contributed by atoms with Gasteiger partial charge in [-0.25, -0.2) is 4.79 Å². The highest BCUT2D eigenvalue weighted by molar-refractivity contribution is 5.84. The molecular weight excluding hydrogens is 306 g/mol. The highest BCUT2D eigenvalue weighted by atomic mass is 16.6. The maximum Gasteiger partial charge on any atom is 0.410 e. The zero-order chi connectivity index (χ0) is 17.3. The second kappa shape index (κ2) is 7.03. The molecule has 0 aromatic carbocycles. The Hall–Kier alpha value is -1.10. The minimum Gasteiger partial charge on any atom is -0.444 e. The first-order valence-corrected chi connectivity index (χ1v) is 9.48. The number of amides is 1. The van der Waals surface area contributed by atoms with Gasteiger partial charge < -0.3 is 9.47 Å². The number of carbonyl (C=O) groups excluding carboxylic acids is 2. The summed E-state index contributed by atoms with van der Waals surface area (Å²) in [5.74, 6) is 0.777. The highest BCUT2D eigenvalue weighted by Crippen LogP contribution is 2.37. The third-order valence-electron chi connectivity index (χ3n) is 5.53. The highest BCUT2D eigenvalue weighted by Gasteiger charge is 2.46. The molecule has 1 amide bonds. The van der Waals surface area contributed by atoms with E-state index in [9.17, 15) is 9.59 Å². The van der Waals surface area contributed by atoms with Crippen LogP contribution in [-0.2, 0) is 14.3 Å². The average Bonchev–Trinajstić information content (AvgIpc) is 2.52. The van der Waals surface area contributed by atoms with Crippen LogP contribution in [0.15, 0.2) is 0 Å². The Balaban J connectivity index is 1.66. The van der Waals surface area contributed by atoms with Gasteiger partial charge in [0.2, 0.25) is 0 Å². The molecule has 0 aromatic rings. The molecule has 5 heteroatoms. The van der Waals surface area contributed by atoms with Crippen molar-refractivity contribution in [1.82, 2.24) is 4.90 Å². The number of nitrogens with zero attached hydrogens (tertiary/aromatic N) is 1. The monoisotopic (exact) mass is 337 g/mol. The van der Waals surface area contributed by atoms with E-state index in [1.54, 1.807) is 0 Å². The number of hydrogen-bond donors (Lipinski definition) is 0. The molecular formula is C19H31NO4. The minimum atomic E-state index is -0.499. The summed E-state index contributed by atoms with van der Waals surface area (Å²) in [7, 11) is 0. The van der Waals surface area contributed by atoms with Crippen molar-refractivity contribution in [2.75, 3.05) is 13.2 Å². The molecule has 2 aliphatic heterocycles. The van der Waals surface area contributed by atoms with Gasteiger partial charge in [-0.2, -0.15) is 0 Å². The number of fused-ring (bicyclic) bond motifs is 2. The molecule has 2 heterocycles. The first-order chi connectivity index (χ1) is 11.3. The number of carbonyl (C=O) groups is 2. The summed E-state index contributed by atoms with van der Waals surface area (Å²) in [5, 5.41) is 0. The molecule has 136 valence electrons. The fourth-order valence-corrected chi connectivity index (χ4v) is 4.48. The van der Waals surface area contributed by atoms with E-state index in [0.29, 0.717) is 19.0 Å². The predicted molar refractivity (Wildman–Crippen MR) is 90.8 cm³/mol. The molecule has 3 rings (SSSR count). The SMILES string of the molecule is CC(C)(C)OC(=O)N1C2COCC1CC(C(=O)C1CCCCC1)C2. The smallest absolute Gasteiger partial charge is 0.410 e. The Morgan fingerprint density at radius 1 is 0.958 bits per heavy atom. The molecule has 2 unspecified atom stereocenters. The summed E-state index contributed by atoms with van der Waals surface area (Å²) in [5.41, 5.74) is -0.499. The number of piperidine rings is 1. The van der Waals surface area contributed by atoms with Crippen LogP contribution in [0, 0.1) is 11.8 Å². The number of hydrogen-bond acceptors (Lipinski definition) is 4. The van der Waals surface area contributed by atoms with Gasteiger partial charge in [0.25, 0.3) is 0 Å². The largest absolute Gasteiger partial charge is 0.444 e. The van der Waals surface area contributed by atoms with Crippen molar-refractivity contribution < 1.29 is 19.1 Å². The van der Waals surface area contributed by atoms with Gasteiger partial charge in [0.1, 0.15) is 11.4 Å². The lowest BCUT2D eigenvalue weighted by Crippen LogP contribution is -2.60. The van der Waals surface area contributed by atoms with Crippen molar-refractivity contribution in [3.63, 3.8) is 0 Å². The van der Waals surface area contributed by atoms with E-state index in [-0.39, 0.29) is 30.0 Å². The Labute approximate surface area is 145 Å². The standard InChI is InChI=1S/C19H31NO4/c1-19(2,3)24-18(22)20-15-9-14(10-16(20)12-23-11-15)17(21)13-7-5-4-6-8-13/h13-16H,4-12H2,1-3H3. The van der Waals surface area contributed by atoms with Crippen LogP contribution in [0.25, 0.3) is 0 Å². The van der Waals surface area contributed by atoms with Crippen molar-refractivity contribution in [2.24, 2.45) is 11.8 Å². The maximum absolute atomic E-state index is 12.9. The predicted octanol–water partition coefficient (Wildman–Crippen LogP) is 3.55. The zero-order valence-corrected chi connectivity index (χ0v) is 15.3. The summed E-state index contributed by atoms with van der Waals surface area (Å²) in [4.78, 5) is 27.3. The van der Waals surface area contributed by atoms with Crippen molar-refractivity contribution in [2.45, 2.75) is 83.4 Å². The van der Waals surface area contributed by atoms with E-state index in [1.807, 2.05) is 25.7 Å². The molecule has 0 aromatic heterocycles. The molecule has 2 atom stereocenters. The Kier molecular flexibility index (Phi) is 5.19. The van der Waals surface area contributed by atoms with Gasteiger partial charge >= 0.3 is 6.09 Å². The van der Waals surface area contributed by atoms with E-state index < -0.39 is 5.60 Å². The second-order valence-corrected chi connectivity index (χ2v) is 8.64. The summed E-state index contributed by atoms with van der Waals surface area (Å²) in [6, 6.07) is -0.0465. The van der Waals surface area contributed by atoms with E-state index in [2.05, 4.69) is 0 Å². The van der Waals surface area contributed by atoms with Crippen LogP contribution in [0.1, 0.15) is 65.7 Å². The van der Waals surface area contributed by atoms with Crippen LogP contribution in [0.5, 0.6) is 0 Å². The lowest BCUT2D eigenvalue weighted by atomic mass is 9.75. The molecule has 24 heavy (non-hydrogen) atoms. The molecule has 1 saturated carbocycles. The van der Waals surface area contributed by atoms with E-state index in [1.165, 1.54) is 19.3 Å². The van der Waals surface area contributed by atoms with Gasteiger partial charge in [-0.15, -0.1) is 0 Å². The topological polar surface area (TPSA) is 55.8 Å². The van der Waals surface area contributed by atoms with E-state index >= 15 is 0 Å². The molecule has 0 spiro atoms. The molecule has 2 saturated heterocycles. The van der Waals surface area contributed by atoms with Crippen LogP contribution in [-0.4, -0.2) is 47.7 Å². The quantitative estimate of drug-likeness (QED) is 0.773. The van der Waals surface area contributed by atoms with E-state index in [0.717, 1.165) is 25.7 Å². The van der Waals surface area contributed by atoms with Gasteiger partial charge in [0.05, 0.1) is 25.3 Å². The van der Waals surface area contributed by atoms with Crippen LogP contribution in [0.3, 0.4) is 0 Å². The third kappa shape index (κ3) is 3.93. The van der Waals surface area contributed by atoms with Crippen LogP contribution in [0.4, 0.5) is 4.79 Å². The lowest BCUT2D eigenvalue weighted by Gasteiger charge is -2.48. The number of ketones is 1. The molecule has 2 bridgehead atoms. The van der Waals surface area contributed by atoms with Crippen LogP contribution < -0.4 is 0 Å². The summed E-state index contributed by atoms with van der Waals surface area (Å²) < 4.78 is 11.2. The average molecular weight is 337 g/mol. The number of ether oxygens (including phenoxy) is 2. The van der Waals surface area contributed by atoms with Crippen LogP contribution in [0.2, 0.25) is 0 Å². The molecule has 0 N–H and O–H groups in total. The number of rotatable bonds is 2. The fourth-order valence-electron chi connectivity index (χ4n) is 4.48. The zero-order valence-electron chi connectivity index (χ0n) is 15.3. The van der Waals surface area contributed by atoms with E-state index in [4.69, 9.17) is 9.47 Å². The summed E-state index contributed by atoms with van der Waals surface area (Å²) >= 11 is 0. The lowest BCUT2D eigenvalue weighted by molar-refractivity contribution is -0.136. The Morgan fingerprint density at radius 2 is 1.54 bits per heavy atom. The normalized spacial score (nSPS) is 31.6. The van der Waals surface area contributed by atoms with Gasteiger partial charge in [0, 0.05) is 11.8 Å². The maximum atomic E-state index is 12.9. The molecule has 1 aliphatic carbocycles. The van der Waals surface area contributed by atoms with Gasteiger partial charge in [-0.3, -0.25) is 9.69 Å². The summed E-state index contributed by atoms with van der Waals surface area (Å²) in [6.07, 6.45) is 6.93. The Bertz CT molecular complexity index is 464. The second-order valence-electron chi connectivity index (χ2n) is 8.64. The van der Waals surface area contributed by atoms with Crippen molar-refractivity contribution in [1.29, 1.82) is 0 Å². The van der Waals surface area contributed by atoms with Crippen molar-refractivity contribution in [3.8, 4) is 0 Å². The first-order valence-electron chi connectivity index (χ1n) is 9.48. The van der Waals surface area contributed by atoms with Gasteiger partial charge in [-0.05, 0) is 46.5 Å². The third-order valence-corrected chi connectivity index (χ3v) is 5.53.